The van der Waals surface area contributed by atoms with Gasteiger partial charge in [-0.25, -0.2) is 4.79 Å². The predicted octanol–water partition coefficient (Wildman–Crippen LogP) is 2.60. The largest absolute Gasteiger partial charge is 0.496 e. The molecule has 0 radical (unpaired) electrons. The van der Waals surface area contributed by atoms with Gasteiger partial charge in [0.1, 0.15) is 6.61 Å². The number of rotatable bonds is 6. The van der Waals surface area contributed by atoms with Gasteiger partial charge >= 0.3 is 14.8 Å². The molecule has 5 nitrogen and oxygen atoms in total. The van der Waals surface area contributed by atoms with Crippen LogP contribution in [0, 0.1) is 0 Å². The van der Waals surface area contributed by atoms with E-state index in [1.807, 2.05) is 37.3 Å². The van der Waals surface area contributed by atoms with Gasteiger partial charge in [0, 0.05) is 0 Å². The van der Waals surface area contributed by atoms with E-state index >= 15 is 0 Å². The average Bonchev–Trinajstić information content (AvgIpc) is 2.37. The molecule has 0 aromatic heterocycles. The van der Waals surface area contributed by atoms with Crippen LogP contribution in [0.4, 0.5) is 4.79 Å². The van der Waals surface area contributed by atoms with Gasteiger partial charge in [-0.15, -0.1) is 4.52 Å². The lowest BCUT2D eigenvalue weighted by molar-refractivity contribution is 0.109. The van der Waals surface area contributed by atoms with Crippen molar-refractivity contribution in [1.29, 1.82) is 0 Å². The molecular weight excluding hydrogens is 241 g/mol. The van der Waals surface area contributed by atoms with E-state index in [-0.39, 0.29) is 6.61 Å². The minimum Gasteiger partial charge on any atom is -0.445 e. The molecule has 1 N–H and O–H groups in total. The van der Waals surface area contributed by atoms with E-state index in [0.717, 1.165) is 5.56 Å². The third-order valence-corrected chi connectivity index (χ3v) is 2.43. The maximum atomic E-state index is 11.3. The highest BCUT2D eigenvalue weighted by Crippen LogP contribution is 2.05. The fourth-order valence-electron chi connectivity index (χ4n) is 1.17. The first-order chi connectivity index (χ1) is 8.26. The quantitative estimate of drug-likeness (QED) is 0.627. The van der Waals surface area contributed by atoms with Crippen molar-refractivity contribution in [2.75, 3.05) is 0 Å². The third-order valence-electron chi connectivity index (χ3n) is 2.05. The van der Waals surface area contributed by atoms with Crippen LogP contribution in [0.15, 0.2) is 30.3 Å². The summed E-state index contributed by atoms with van der Waals surface area (Å²) in [5.41, 5.74) is 0.905. The Morgan fingerprint density at radius 3 is 2.71 bits per heavy atom. The van der Waals surface area contributed by atoms with Crippen LogP contribution in [0.5, 0.6) is 0 Å². The number of benzene rings is 1. The van der Waals surface area contributed by atoms with Crippen LogP contribution in [0.1, 0.15) is 18.9 Å². The maximum absolute atomic E-state index is 11.3. The molecule has 6 heteroatoms. The summed E-state index contributed by atoms with van der Waals surface area (Å²) in [7, 11) is -0.901. The Kier molecular flexibility index (Phi) is 6.22. The van der Waals surface area contributed by atoms with E-state index in [0.29, 0.717) is 6.42 Å². The van der Waals surface area contributed by atoms with Gasteiger partial charge in [-0.05, 0) is 16.5 Å². The van der Waals surface area contributed by atoms with Crippen molar-refractivity contribution in [1.82, 2.24) is 5.32 Å². The summed E-state index contributed by atoms with van der Waals surface area (Å²) < 4.78 is 20.0. The van der Waals surface area contributed by atoms with E-state index in [1.54, 1.807) is 0 Å². The lowest BCUT2D eigenvalue weighted by Gasteiger charge is -2.10. The molecular formula is C11H15NO4P+. The SMILES string of the molecule is CCC(NC(=O)OCc1ccccc1)O[PH+]=O. The molecule has 0 bridgehead atoms. The van der Waals surface area contributed by atoms with Crippen LogP contribution in [-0.2, 0) is 20.4 Å². The molecule has 0 heterocycles. The Bertz CT molecular complexity index is 358. The second-order valence-corrected chi connectivity index (χ2v) is 3.71. The zero-order valence-corrected chi connectivity index (χ0v) is 10.5. The standard InChI is InChI=1S/C11H14NO4P/c1-2-10(16-17-14)12-11(13)15-8-9-6-4-3-5-7-9/h3-7,10,17H,2,8H2,1H3/p+1. The van der Waals surface area contributed by atoms with Crippen molar-refractivity contribution in [3.8, 4) is 0 Å². The van der Waals surface area contributed by atoms with E-state index in [9.17, 15) is 9.36 Å². The lowest BCUT2D eigenvalue weighted by Crippen LogP contribution is -2.35. The number of nitrogens with one attached hydrogen (secondary N) is 1. The molecule has 0 fully saturated rings. The van der Waals surface area contributed by atoms with Gasteiger partial charge < -0.3 is 4.74 Å². The monoisotopic (exact) mass is 256 g/mol. The zero-order chi connectivity index (χ0) is 12.5. The Hall–Kier alpha value is -1.45. The van der Waals surface area contributed by atoms with Gasteiger partial charge in [-0.3, -0.25) is 5.32 Å². The van der Waals surface area contributed by atoms with Crippen LogP contribution in [-0.4, -0.2) is 12.3 Å². The third kappa shape index (κ3) is 5.43. The first kappa shape index (κ1) is 13.6. The van der Waals surface area contributed by atoms with Gasteiger partial charge in [0.25, 0.3) is 0 Å². The number of alkyl carbamates (subject to hydrolysis) is 1. The van der Waals surface area contributed by atoms with Gasteiger partial charge in [0.15, 0.2) is 6.23 Å². The molecule has 0 saturated carbocycles. The second-order valence-electron chi connectivity index (χ2n) is 3.30. The fraction of sp³-hybridized carbons (Fsp3) is 0.364. The van der Waals surface area contributed by atoms with Gasteiger partial charge in [0.05, 0.1) is 0 Å². The molecule has 92 valence electrons. The number of hydrogen-bond acceptors (Lipinski definition) is 4. The zero-order valence-electron chi connectivity index (χ0n) is 9.51. The molecule has 1 rings (SSSR count). The van der Waals surface area contributed by atoms with Crippen molar-refractivity contribution in [2.24, 2.45) is 0 Å². The molecule has 0 spiro atoms. The Morgan fingerprint density at radius 2 is 2.12 bits per heavy atom. The smallest absolute Gasteiger partial charge is 0.445 e. The van der Waals surface area contributed by atoms with Crippen LogP contribution in [0.2, 0.25) is 0 Å². The summed E-state index contributed by atoms with van der Waals surface area (Å²) in [6.45, 7) is 2.01. The molecule has 2 atom stereocenters. The highest BCUT2D eigenvalue weighted by Gasteiger charge is 2.15. The first-order valence-electron chi connectivity index (χ1n) is 5.26. The summed E-state index contributed by atoms with van der Waals surface area (Å²) >= 11 is 0. The van der Waals surface area contributed by atoms with Gasteiger partial charge in [-0.1, -0.05) is 37.3 Å². The van der Waals surface area contributed by atoms with Crippen molar-refractivity contribution in [2.45, 2.75) is 26.2 Å². The van der Waals surface area contributed by atoms with E-state index in [1.165, 1.54) is 0 Å². The molecule has 2 unspecified atom stereocenters. The minimum atomic E-state index is -0.901. The Balaban J connectivity index is 2.32. The Labute approximate surface area is 101 Å². The summed E-state index contributed by atoms with van der Waals surface area (Å²) in [6, 6.07) is 9.35. The fourth-order valence-corrected chi connectivity index (χ4v) is 1.51. The highest BCUT2D eigenvalue weighted by molar-refractivity contribution is 7.17. The normalized spacial score (nSPS) is 12.1. The van der Waals surface area contributed by atoms with Crippen molar-refractivity contribution in [3.63, 3.8) is 0 Å². The number of ether oxygens (including phenoxy) is 1. The molecule has 0 saturated heterocycles. The van der Waals surface area contributed by atoms with Crippen LogP contribution in [0.3, 0.4) is 0 Å². The molecule has 1 aromatic carbocycles. The molecule has 0 aliphatic heterocycles. The van der Waals surface area contributed by atoms with Crippen LogP contribution >= 0.6 is 8.69 Å². The van der Waals surface area contributed by atoms with Crippen molar-refractivity contribution < 1.29 is 18.6 Å². The topological polar surface area (TPSA) is 64.6 Å². The van der Waals surface area contributed by atoms with Crippen LogP contribution < -0.4 is 5.32 Å². The summed E-state index contributed by atoms with van der Waals surface area (Å²) in [5, 5.41) is 2.46. The minimum absolute atomic E-state index is 0.197. The second kappa shape index (κ2) is 7.76. The van der Waals surface area contributed by atoms with Crippen molar-refractivity contribution in [3.05, 3.63) is 35.9 Å². The van der Waals surface area contributed by atoms with Crippen molar-refractivity contribution >= 4 is 14.8 Å². The summed E-state index contributed by atoms with van der Waals surface area (Å²) in [5.74, 6) is 0. The molecule has 0 aliphatic rings. The van der Waals surface area contributed by atoms with E-state index < -0.39 is 21.0 Å². The van der Waals surface area contributed by atoms with E-state index in [4.69, 9.17) is 9.26 Å². The number of carbonyl (C=O) groups excluding carboxylic acids is 1. The lowest BCUT2D eigenvalue weighted by atomic mass is 10.2. The maximum Gasteiger partial charge on any atom is 0.496 e. The molecule has 1 aromatic rings. The Morgan fingerprint density at radius 1 is 1.41 bits per heavy atom. The number of carbonyl (C=O) groups is 1. The van der Waals surface area contributed by atoms with Crippen LogP contribution in [0.25, 0.3) is 0 Å². The summed E-state index contributed by atoms with van der Waals surface area (Å²) in [4.78, 5) is 11.3. The van der Waals surface area contributed by atoms with Gasteiger partial charge in [-0.2, -0.15) is 0 Å². The van der Waals surface area contributed by atoms with E-state index in [2.05, 4.69) is 5.32 Å². The first-order valence-corrected chi connectivity index (χ1v) is 6.08. The summed E-state index contributed by atoms with van der Waals surface area (Å²) in [6.07, 6.45) is -0.636. The highest BCUT2D eigenvalue weighted by atomic mass is 31.1. The molecule has 0 aliphatic carbocycles. The number of amides is 1. The predicted molar refractivity (Wildman–Crippen MR) is 63.9 cm³/mol. The molecule has 1 amide bonds. The number of hydrogen-bond donors (Lipinski definition) is 1. The van der Waals surface area contributed by atoms with Gasteiger partial charge in [0.2, 0.25) is 0 Å². The average molecular weight is 256 g/mol. The molecule has 17 heavy (non-hydrogen) atoms.